The molecule has 7 amide bonds. The van der Waals surface area contributed by atoms with E-state index in [9.17, 15) is 69.1 Å². The standard InChI is InChI=1S/C47H83N13O16/c1-24(2)30(42(68)69)57-46(72)58-31(27-18-21-53-45(50)54-27)40(67)56-33(37(25(3)4)75-29(62)17-14-12-10-8-6-7-9-11-13-15-22-59(74)44(48)49)39(66)52-20-16-19-51-32(43(70)71)34(63)38-35(64)36(65)41(76-38)60-26(5)23-28(61)55-47(60)73/h24-27,30-38,41,51,63-65,74H,6-23H2,1-5H3,(H3,48,49)(H,52,66)(H,56,67)(H,68,69)(H,70,71)(H3,50,53,54)(H,55,61,73)(H2,57,58,72). The lowest BCUT2D eigenvalue weighted by atomic mass is 9.96. The summed E-state index contributed by atoms with van der Waals surface area (Å²) in [5.41, 5.74) is 11.2. The molecule has 3 heterocycles. The van der Waals surface area contributed by atoms with E-state index in [0.717, 1.165) is 62.7 Å². The zero-order valence-corrected chi connectivity index (χ0v) is 44.1. The number of rotatable bonds is 33. The first-order valence-corrected chi connectivity index (χ1v) is 26.1. The first-order chi connectivity index (χ1) is 35.8. The number of aliphatic hydroxyl groups is 3. The van der Waals surface area contributed by atoms with Gasteiger partial charge in [-0.25, -0.2) is 19.4 Å². The number of guanidine groups is 2. The lowest BCUT2D eigenvalue weighted by Gasteiger charge is -2.38. The molecule has 0 aromatic rings. The normalized spacial score (nSPS) is 22.9. The number of carbonyl (C=O) groups is 8. The number of unbranched alkanes of at least 4 members (excludes halogenated alkanes) is 9. The number of aliphatic hydroxyl groups excluding tert-OH is 3. The minimum Gasteiger partial charge on any atom is -0.480 e. The fourth-order valence-electron chi connectivity index (χ4n) is 9.05. The average molecular weight is 1090 g/mol. The maximum absolute atomic E-state index is 14.4. The van der Waals surface area contributed by atoms with E-state index in [1.807, 2.05) is 0 Å². The van der Waals surface area contributed by atoms with Crippen LogP contribution in [0.1, 0.15) is 125 Å². The highest BCUT2D eigenvalue weighted by Gasteiger charge is 2.53. The third-order valence-corrected chi connectivity index (χ3v) is 13.3. The first-order valence-electron chi connectivity index (χ1n) is 26.1. The van der Waals surface area contributed by atoms with Crippen molar-refractivity contribution in [2.45, 2.75) is 198 Å². The van der Waals surface area contributed by atoms with E-state index in [-0.39, 0.29) is 57.2 Å². The first kappa shape index (κ1) is 64.1. The Morgan fingerprint density at radius 3 is 2.00 bits per heavy atom. The summed E-state index contributed by atoms with van der Waals surface area (Å²) in [5.74, 6) is -7.45. The van der Waals surface area contributed by atoms with Gasteiger partial charge in [-0.05, 0) is 51.0 Å². The molecule has 0 aromatic carbocycles. The number of hydrogen-bond acceptors (Lipinski definition) is 19. The van der Waals surface area contributed by atoms with Crippen LogP contribution < -0.4 is 48.7 Å². The van der Waals surface area contributed by atoms with Gasteiger partial charge in [-0.15, -0.1) is 0 Å². The van der Waals surface area contributed by atoms with Gasteiger partial charge in [0.1, 0.15) is 54.7 Å². The molecule has 12 atom stereocenters. The number of carbonyl (C=O) groups excluding carboxylic acids is 6. The summed E-state index contributed by atoms with van der Waals surface area (Å²) in [6, 6.07) is -9.84. The van der Waals surface area contributed by atoms with E-state index in [2.05, 4.69) is 42.2 Å². The van der Waals surface area contributed by atoms with Crippen LogP contribution in [-0.4, -0.2) is 199 Å². The predicted octanol–water partition coefficient (Wildman–Crippen LogP) is -1.94. The maximum Gasteiger partial charge on any atom is 0.326 e. The number of aliphatic carboxylic acids is 2. The largest absolute Gasteiger partial charge is 0.480 e. The van der Waals surface area contributed by atoms with Gasteiger partial charge in [0.05, 0.1) is 6.04 Å². The monoisotopic (exact) mass is 1090 g/mol. The number of carboxylic acids is 2. The molecule has 0 spiro atoms. The maximum atomic E-state index is 14.4. The number of nitrogens with zero attached hydrogens (tertiary/aromatic N) is 3. The zero-order valence-electron chi connectivity index (χ0n) is 44.1. The number of nitrogens with two attached hydrogens (primary N) is 2. The van der Waals surface area contributed by atoms with Crippen LogP contribution in [0.2, 0.25) is 0 Å². The van der Waals surface area contributed by atoms with Crippen molar-refractivity contribution in [2.24, 2.45) is 28.3 Å². The smallest absolute Gasteiger partial charge is 0.326 e. The van der Waals surface area contributed by atoms with Crippen molar-refractivity contribution >= 4 is 59.6 Å². The number of imide groups is 1. The number of hydrogen-bond donors (Lipinski definition) is 16. The van der Waals surface area contributed by atoms with Crippen LogP contribution in [0.5, 0.6) is 0 Å². The summed E-state index contributed by atoms with van der Waals surface area (Å²) in [7, 11) is 0. The van der Waals surface area contributed by atoms with Gasteiger partial charge < -0.3 is 78.4 Å². The van der Waals surface area contributed by atoms with E-state index >= 15 is 0 Å². The second kappa shape index (κ2) is 31.8. The average Bonchev–Trinajstić information content (AvgIpc) is 3.63. The van der Waals surface area contributed by atoms with Gasteiger partial charge in [-0.2, -0.15) is 0 Å². The van der Waals surface area contributed by atoms with Gasteiger partial charge in [-0.1, -0.05) is 79.1 Å². The topological polar surface area (TPSA) is 455 Å². The number of aliphatic imine (C=N–C) groups is 1. The summed E-state index contributed by atoms with van der Waals surface area (Å²) < 4.78 is 11.6. The Morgan fingerprint density at radius 2 is 1.45 bits per heavy atom. The third-order valence-electron chi connectivity index (χ3n) is 13.3. The van der Waals surface area contributed by atoms with E-state index in [4.69, 9.17) is 26.4 Å². The van der Waals surface area contributed by atoms with Crippen LogP contribution in [0.4, 0.5) is 9.59 Å². The lowest BCUT2D eigenvalue weighted by molar-refractivity contribution is -0.156. The van der Waals surface area contributed by atoms with Crippen molar-refractivity contribution in [1.82, 2.24) is 47.2 Å². The highest BCUT2D eigenvalue weighted by Crippen LogP contribution is 2.30. The van der Waals surface area contributed by atoms with Crippen LogP contribution in [0.25, 0.3) is 0 Å². The molecule has 18 N–H and O–H groups in total. The number of urea groups is 2. The molecule has 0 radical (unpaired) electrons. The molecule has 3 aliphatic heterocycles. The highest BCUT2D eigenvalue weighted by molar-refractivity contribution is 5.97. The molecular weight excluding hydrogens is 1000 g/mol. The zero-order chi connectivity index (χ0) is 56.8. The molecule has 2 saturated heterocycles. The van der Waals surface area contributed by atoms with Crippen molar-refractivity contribution in [2.75, 3.05) is 26.2 Å². The Bertz CT molecular complexity index is 2000. The van der Waals surface area contributed by atoms with Crippen molar-refractivity contribution in [3.63, 3.8) is 0 Å². The van der Waals surface area contributed by atoms with Gasteiger partial charge >= 0.3 is 30.0 Å². The number of carboxylic acid groups (broad SMARTS) is 2. The number of amides is 7. The molecule has 432 valence electrons. The molecule has 29 nitrogen and oxygen atoms in total. The number of nitrogens with one attached hydrogen (secondary N) is 8. The second-order valence-corrected chi connectivity index (χ2v) is 20.1. The molecule has 29 heteroatoms. The van der Waals surface area contributed by atoms with E-state index < -0.39 is 133 Å². The van der Waals surface area contributed by atoms with E-state index in [0.29, 0.717) is 18.0 Å². The number of hydroxylamine groups is 2. The number of ether oxygens (including phenoxy) is 2. The van der Waals surface area contributed by atoms with E-state index in [1.165, 1.54) is 6.92 Å². The summed E-state index contributed by atoms with van der Waals surface area (Å²) in [6.45, 7) is 8.07. The molecule has 0 bridgehead atoms. The minimum absolute atomic E-state index is 0.00171. The lowest BCUT2D eigenvalue weighted by Crippen LogP contribution is -2.66. The van der Waals surface area contributed by atoms with Gasteiger partial charge in [-0.3, -0.25) is 49.8 Å². The van der Waals surface area contributed by atoms with Crippen LogP contribution in [0, 0.1) is 17.2 Å². The summed E-state index contributed by atoms with van der Waals surface area (Å²) in [5, 5.41) is 87.6. The Labute approximate surface area is 441 Å². The Hall–Kier alpha value is -6.14. The van der Waals surface area contributed by atoms with Gasteiger partial charge in [0.2, 0.25) is 23.7 Å². The van der Waals surface area contributed by atoms with Crippen molar-refractivity contribution in [1.29, 1.82) is 5.41 Å². The predicted molar refractivity (Wildman–Crippen MR) is 271 cm³/mol. The molecule has 12 unspecified atom stereocenters. The fourth-order valence-corrected chi connectivity index (χ4v) is 9.05. The number of esters is 1. The molecule has 3 aliphatic rings. The summed E-state index contributed by atoms with van der Waals surface area (Å²) in [6.07, 6.45) is -1.51. The SMILES string of the molecule is CC(C)C(NC(=O)NC(C(=O)NC(C(=O)NCCCNC(C(=O)O)C(O)C1OC(N2C(=O)NC(=O)CC2C)C(O)C1O)C(OC(=O)CCCCCCCCCCCCN(O)C(=N)N)C(C)C)C1CCN=C(N)N1)C(=O)O. The molecule has 2 fully saturated rings. The van der Waals surface area contributed by atoms with Crippen molar-refractivity contribution in [3.8, 4) is 0 Å². The van der Waals surface area contributed by atoms with Crippen LogP contribution >= 0.6 is 0 Å². The van der Waals surface area contributed by atoms with Crippen LogP contribution in [0.15, 0.2) is 4.99 Å². The quantitative estimate of drug-likeness (QED) is 0.0112. The van der Waals surface area contributed by atoms with Crippen molar-refractivity contribution < 1.29 is 78.6 Å². The molecular formula is C47H83N13O16. The van der Waals surface area contributed by atoms with E-state index in [1.54, 1.807) is 27.7 Å². The summed E-state index contributed by atoms with van der Waals surface area (Å²) in [4.78, 5) is 109. The van der Waals surface area contributed by atoms with Gasteiger partial charge in [0.25, 0.3) is 0 Å². The van der Waals surface area contributed by atoms with Crippen LogP contribution in [-0.2, 0) is 38.2 Å². The fraction of sp³-hybridized carbons (Fsp3) is 0.787. The molecule has 0 aliphatic carbocycles. The third kappa shape index (κ3) is 20.1. The van der Waals surface area contributed by atoms with Crippen molar-refractivity contribution in [3.05, 3.63) is 0 Å². The molecule has 3 rings (SSSR count). The second-order valence-electron chi connectivity index (χ2n) is 20.1. The van der Waals surface area contributed by atoms with Crippen LogP contribution in [0.3, 0.4) is 0 Å². The Balaban J connectivity index is 1.71. The summed E-state index contributed by atoms with van der Waals surface area (Å²) >= 11 is 0. The Morgan fingerprint density at radius 1 is 0.842 bits per heavy atom. The molecule has 0 saturated carbocycles. The van der Waals surface area contributed by atoms with Gasteiger partial charge in [0.15, 0.2) is 12.2 Å². The highest BCUT2D eigenvalue weighted by atomic mass is 16.6. The minimum atomic E-state index is -2.00. The Kier molecular flexibility index (Phi) is 26.8. The molecule has 76 heavy (non-hydrogen) atoms. The van der Waals surface area contributed by atoms with Gasteiger partial charge in [0, 0.05) is 38.5 Å². The molecule has 0 aromatic heterocycles.